The first kappa shape index (κ1) is 13.6. The van der Waals surface area contributed by atoms with E-state index < -0.39 is 0 Å². The standard InChI is InChI=1S/C15H20N4/c1-11(2)7-16-8-13-9-17-15(18-10-13)14-6-4-5-12(3)19-14/h4-6,9-11,16H,7-8H2,1-3H3. The number of rotatable bonds is 5. The highest BCUT2D eigenvalue weighted by molar-refractivity contribution is 5.48. The van der Waals surface area contributed by atoms with E-state index in [2.05, 4.69) is 34.1 Å². The molecule has 0 spiro atoms. The van der Waals surface area contributed by atoms with Crippen LogP contribution in [0.1, 0.15) is 25.1 Å². The van der Waals surface area contributed by atoms with Gasteiger partial charge in [0.15, 0.2) is 5.82 Å². The lowest BCUT2D eigenvalue weighted by Crippen LogP contribution is -2.19. The van der Waals surface area contributed by atoms with Gasteiger partial charge in [0.25, 0.3) is 0 Å². The van der Waals surface area contributed by atoms with E-state index in [1.165, 1.54) is 0 Å². The summed E-state index contributed by atoms with van der Waals surface area (Å²) in [6.45, 7) is 8.15. The Bertz CT molecular complexity index is 520. The van der Waals surface area contributed by atoms with Crippen LogP contribution < -0.4 is 5.32 Å². The Balaban J connectivity index is 2.02. The van der Waals surface area contributed by atoms with Gasteiger partial charge in [0.1, 0.15) is 5.69 Å². The Labute approximate surface area is 114 Å². The van der Waals surface area contributed by atoms with E-state index in [1.54, 1.807) is 0 Å². The second kappa shape index (κ2) is 6.38. The van der Waals surface area contributed by atoms with Crippen molar-refractivity contribution < 1.29 is 0 Å². The van der Waals surface area contributed by atoms with E-state index in [0.29, 0.717) is 11.7 Å². The van der Waals surface area contributed by atoms with Crippen molar-refractivity contribution in [1.82, 2.24) is 20.3 Å². The highest BCUT2D eigenvalue weighted by Gasteiger charge is 2.03. The fourth-order valence-electron chi connectivity index (χ4n) is 1.75. The minimum Gasteiger partial charge on any atom is -0.312 e. The van der Waals surface area contributed by atoms with Crippen molar-refractivity contribution in [3.05, 3.63) is 41.9 Å². The fraction of sp³-hybridized carbons (Fsp3) is 0.400. The molecule has 0 aromatic carbocycles. The van der Waals surface area contributed by atoms with Gasteiger partial charge in [0, 0.05) is 30.2 Å². The molecule has 0 bridgehead atoms. The molecule has 4 nitrogen and oxygen atoms in total. The van der Waals surface area contributed by atoms with Gasteiger partial charge in [-0.15, -0.1) is 0 Å². The first-order valence-electron chi connectivity index (χ1n) is 6.61. The zero-order chi connectivity index (χ0) is 13.7. The second-order valence-corrected chi connectivity index (χ2v) is 5.10. The second-order valence-electron chi connectivity index (χ2n) is 5.10. The Morgan fingerprint density at radius 3 is 2.53 bits per heavy atom. The van der Waals surface area contributed by atoms with Crippen molar-refractivity contribution in [1.29, 1.82) is 0 Å². The Morgan fingerprint density at radius 1 is 1.16 bits per heavy atom. The molecule has 100 valence electrons. The maximum atomic E-state index is 4.42. The summed E-state index contributed by atoms with van der Waals surface area (Å²) in [5.41, 5.74) is 2.89. The van der Waals surface area contributed by atoms with E-state index in [0.717, 1.165) is 30.0 Å². The smallest absolute Gasteiger partial charge is 0.178 e. The lowest BCUT2D eigenvalue weighted by Gasteiger charge is -2.07. The summed E-state index contributed by atoms with van der Waals surface area (Å²) in [5.74, 6) is 1.33. The van der Waals surface area contributed by atoms with Gasteiger partial charge in [-0.3, -0.25) is 0 Å². The molecule has 2 heterocycles. The molecule has 0 saturated carbocycles. The third-order valence-electron chi connectivity index (χ3n) is 2.70. The minimum atomic E-state index is 0.650. The molecular weight excluding hydrogens is 236 g/mol. The van der Waals surface area contributed by atoms with Crippen molar-refractivity contribution >= 4 is 0 Å². The Morgan fingerprint density at radius 2 is 1.89 bits per heavy atom. The number of hydrogen-bond acceptors (Lipinski definition) is 4. The average Bonchev–Trinajstić information content (AvgIpc) is 2.39. The first-order chi connectivity index (χ1) is 9.15. The molecule has 4 heteroatoms. The predicted octanol–water partition coefficient (Wildman–Crippen LogP) is 2.59. The van der Waals surface area contributed by atoms with Crippen molar-refractivity contribution in [3.8, 4) is 11.5 Å². The molecule has 1 N–H and O–H groups in total. The SMILES string of the molecule is Cc1cccc(-c2ncc(CNCC(C)C)cn2)n1. The molecule has 0 unspecified atom stereocenters. The van der Waals surface area contributed by atoms with Gasteiger partial charge in [-0.05, 0) is 31.5 Å². The average molecular weight is 256 g/mol. The maximum Gasteiger partial charge on any atom is 0.178 e. The molecule has 0 aliphatic carbocycles. The monoisotopic (exact) mass is 256 g/mol. The highest BCUT2D eigenvalue weighted by atomic mass is 14.9. The van der Waals surface area contributed by atoms with Crippen LogP contribution in [0.15, 0.2) is 30.6 Å². The van der Waals surface area contributed by atoms with Crippen molar-refractivity contribution in [2.24, 2.45) is 5.92 Å². The number of nitrogens with zero attached hydrogens (tertiary/aromatic N) is 3. The number of aromatic nitrogens is 3. The molecule has 0 radical (unpaired) electrons. The van der Waals surface area contributed by atoms with E-state index >= 15 is 0 Å². The van der Waals surface area contributed by atoms with Gasteiger partial charge in [-0.25, -0.2) is 15.0 Å². The van der Waals surface area contributed by atoms with Crippen LogP contribution in [0, 0.1) is 12.8 Å². The van der Waals surface area contributed by atoms with Gasteiger partial charge in [0.2, 0.25) is 0 Å². The zero-order valence-corrected chi connectivity index (χ0v) is 11.7. The van der Waals surface area contributed by atoms with Crippen LogP contribution in [0.25, 0.3) is 11.5 Å². The number of pyridine rings is 1. The molecule has 0 aliphatic rings. The van der Waals surface area contributed by atoms with Gasteiger partial charge < -0.3 is 5.32 Å². The maximum absolute atomic E-state index is 4.42. The quantitative estimate of drug-likeness (QED) is 0.893. The summed E-state index contributed by atoms with van der Waals surface area (Å²) in [6.07, 6.45) is 3.72. The van der Waals surface area contributed by atoms with Gasteiger partial charge in [0.05, 0.1) is 0 Å². The molecule has 2 aromatic heterocycles. The van der Waals surface area contributed by atoms with Crippen LogP contribution >= 0.6 is 0 Å². The largest absolute Gasteiger partial charge is 0.312 e. The van der Waals surface area contributed by atoms with E-state index in [1.807, 2.05) is 37.5 Å². The molecule has 2 aromatic rings. The Kier molecular flexibility index (Phi) is 4.58. The highest BCUT2D eigenvalue weighted by Crippen LogP contribution is 2.11. The molecule has 0 saturated heterocycles. The minimum absolute atomic E-state index is 0.650. The lowest BCUT2D eigenvalue weighted by atomic mass is 10.2. The van der Waals surface area contributed by atoms with Crippen LogP contribution in [0.2, 0.25) is 0 Å². The topological polar surface area (TPSA) is 50.7 Å². The van der Waals surface area contributed by atoms with Crippen LogP contribution in [0.5, 0.6) is 0 Å². The number of hydrogen-bond donors (Lipinski definition) is 1. The molecule has 0 atom stereocenters. The first-order valence-corrected chi connectivity index (χ1v) is 6.61. The zero-order valence-electron chi connectivity index (χ0n) is 11.7. The van der Waals surface area contributed by atoms with E-state index in [-0.39, 0.29) is 0 Å². The third-order valence-corrected chi connectivity index (χ3v) is 2.70. The van der Waals surface area contributed by atoms with Crippen LogP contribution in [0.3, 0.4) is 0 Å². The molecule has 19 heavy (non-hydrogen) atoms. The summed E-state index contributed by atoms with van der Waals surface area (Å²) in [5, 5.41) is 3.37. The number of nitrogens with one attached hydrogen (secondary N) is 1. The summed E-state index contributed by atoms with van der Waals surface area (Å²) in [6, 6.07) is 5.87. The molecule has 0 amide bonds. The van der Waals surface area contributed by atoms with Crippen molar-refractivity contribution in [2.45, 2.75) is 27.3 Å². The van der Waals surface area contributed by atoms with Crippen LogP contribution in [0.4, 0.5) is 0 Å². The molecule has 2 rings (SSSR count). The number of aryl methyl sites for hydroxylation is 1. The summed E-state index contributed by atoms with van der Waals surface area (Å²) in [7, 11) is 0. The normalized spacial score (nSPS) is 10.9. The summed E-state index contributed by atoms with van der Waals surface area (Å²) < 4.78 is 0. The fourth-order valence-corrected chi connectivity index (χ4v) is 1.75. The third kappa shape index (κ3) is 4.10. The molecular formula is C15H20N4. The van der Waals surface area contributed by atoms with Crippen molar-refractivity contribution in [3.63, 3.8) is 0 Å². The summed E-state index contributed by atoms with van der Waals surface area (Å²) in [4.78, 5) is 13.2. The molecule has 0 fully saturated rings. The Hall–Kier alpha value is -1.81. The van der Waals surface area contributed by atoms with Crippen LogP contribution in [-0.2, 0) is 6.54 Å². The predicted molar refractivity (Wildman–Crippen MR) is 76.5 cm³/mol. The van der Waals surface area contributed by atoms with Gasteiger partial charge >= 0.3 is 0 Å². The van der Waals surface area contributed by atoms with Gasteiger partial charge in [-0.2, -0.15) is 0 Å². The van der Waals surface area contributed by atoms with Crippen molar-refractivity contribution in [2.75, 3.05) is 6.54 Å². The lowest BCUT2D eigenvalue weighted by molar-refractivity contribution is 0.551. The van der Waals surface area contributed by atoms with Gasteiger partial charge in [-0.1, -0.05) is 19.9 Å². The summed E-state index contributed by atoms with van der Waals surface area (Å²) >= 11 is 0. The van der Waals surface area contributed by atoms with Crippen LogP contribution in [-0.4, -0.2) is 21.5 Å². The van der Waals surface area contributed by atoms with E-state index in [4.69, 9.17) is 0 Å². The van der Waals surface area contributed by atoms with E-state index in [9.17, 15) is 0 Å². The molecule has 0 aliphatic heterocycles.